The summed E-state index contributed by atoms with van der Waals surface area (Å²) in [5.41, 5.74) is 2.41. The fourth-order valence-electron chi connectivity index (χ4n) is 2.26. The molecule has 1 unspecified atom stereocenters. The summed E-state index contributed by atoms with van der Waals surface area (Å²) in [5.74, 6) is 0.929. The third-order valence-electron chi connectivity index (χ3n) is 3.61. The maximum absolute atomic E-state index is 5.86. The van der Waals surface area contributed by atoms with Crippen LogP contribution < -0.4 is 10.1 Å². The van der Waals surface area contributed by atoms with E-state index in [0.717, 1.165) is 37.4 Å². The molecule has 0 fully saturated rings. The molecule has 0 saturated carbocycles. The molecule has 114 valence electrons. The Kier molecular flexibility index (Phi) is 5.73. The third kappa shape index (κ3) is 4.55. The van der Waals surface area contributed by atoms with E-state index in [1.807, 2.05) is 12.1 Å². The molecular formula is C18H26N2O. The lowest BCUT2D eigenvalue weighted by atomic mass is 10.2. The average molecular weight is 286 g/mol. The molecule has 0 spiro atoms. The van der Waals surface area contributed by atoms with E-state index in [4.69, 9.17) is 4.74 Å². The number of ether oxygens (including phenoxy) is 1. The molecule has 1 heterocycles. The Morgan fingerprint density at radius 3 is 2.81 bits per heavy atom. The van der Waals surface area contributed by atoms with E-state index in [9.17, 15) is 0 Å². The van der Waals surface area contributed by atoms with E-state index < -0.39 is 0 Å². The predicted octanol–water partition coefficient (Wildman–Crippen LogP) is 4.69. The average Bonchev–Trinajstić information content (AvgIpc) is 2.93. The quantitative estimate of drug-likeness (QED) is 0.762. The van der Waals surface area contributed by atoms with Crippen molar-refractivity contribution in [3.63, 3.8) is 0 Å². The molecule has 1 aromatic carbocycles. The Balaban J connectivity index is 1.96. The number of anilines is 1. The predicted molar refractivity (Wildman–Crippen MR) is 88.9 cm³/mol. The van der Waals surface area contributed by atoms with E-state index in [1.165, 1.54) is 5.69 Å². The lowest BCUT2D eigenvalue weighted by Gasteiger charge is -2.14. The molecule has 1 atom stereocenters. The first-order chi connectivity index (χ1) is 10.2. The molecule has 0 aliphatic heterocycles. The summed E-state index contributed by atoms with van der Waals surface area (Å²) in [5, 5.41) is 3.48. The van der Waals surface area contributed by atoms with Crippen LogP contribution in [0.15, 0.2) is 42.6 Å². The first-order valence-corrected chi connectivity index (χ1v) is 7.87. The highest BCUT2D eigenvalue weighted by Gasteiger charge is 2.03. The zero-order valence-electron chi connectivity index (χ0n) is 13.3. The molecule has 3 nitrogen and oxygen atoms in total. The number of hydrogen-bond donors (Lipinski definition) is 1. The van der Waals surface area contributed by atoms with Gasteiger partial charge in [0.1, 0.15) is 5.75 Å². The van der Waals surface area contributed by atoms with Crippen molar-refractivity contribution in [3.05, 3.63) is 48.3 Å². The van der Waals surface area contributed by atoms with Gasteiger partial charge in [-0.1, -0.05) is 19.9 Å². The van der Waals surface area contributed by atoms with Crippen LogP contribution in [0.25, 0.3) is 0 Å². The van der Waals surface area contributed by atoms with Crippen LogP contribution >= 0.6 is 0 Å². The van der Waals surface area contributed by atoms with Crippen LogP contribution in [0, 0.1) is 0 Å². The highest BCUT2D eigenvalue weighted by molar-refractivity contribution is 5.48. The first kappa shape index (κ1) is 15.5. The van der Waals surface area contributed by atoms with Crippen molar-refractivity contribution < 1.29 is 4.74 Å². The fourth-order valence-corrected chi connectivity index (χ4v) is 2.26. The third-order valence-corrected chi connectivity index (χ3v) is 3.61. The Labute approximate surface area is 127 Å². The van der Waals surface area contributed by atoms with E-state index >= 15 is 0 Å². The van der Waals surface area contributed by atoms with Crippen LogP contribution in [0.2, 0.25) is 0 Å². The Bertz CT molecular complexity index is 548. The summed E-state index contributed by atoms with van der Waals surface area (Å²) >= 11 is 0. The smallest absolute Gasteiger partial charge is 0.121 e. The van der Waals surface area contributed by atoms with Gasteiger partial charge in [0.2, 0.25) is 0 Å². The van der Waals surface area contributed by atoms with E-state index in [0.29, 0.717) is 0 Å². The summed E-state index contributed by atoms with van der Waals surface area (Å²) in [6, 6.07) is 12.5. The number of aromatic nitrogens is 1. The molecule has 0 radical (unpaired) electrons. The van der Waals surface area contributed by atoms with Crippen molar-refractivity contribution >= 4 is 5.69 Å². The second-order valence-electron chi connectivity index (χ2n) is 5.41. The number of hydrogen-bond acceptors (Lipinski definition) is 2. The second kappa shape index (κ2) is 7.77. The van der Waals surface area contributed by atoms with Gasteiger partial charge in [-0.05, 0) is 44.0 Å². The van der Waals surface area contributed by atoms with Crippen LogP contribution in [0.3, 0.4) is 0 Å². The molecule has 0 aliphatic rings. The van der Waals surface area contributed by atoms with Crippen molar-refractivity contribution in [1.82, 2.24) is 4.57 Å². The van der Waals surface area contributed by atoms with Gasteiger partial charge in [-0.15, -0.1) is 0 Å². The SMILES string of the molecule is CCCn1cccc1CNc1cccc(OC(C)CC)c1. The van der Waals surface area contributed by atoms with Gasteiger partial charge in [0.25, 0.3) is 0 Å². The second-order valence-corrected chi connectivity index (χ2v) is 5.41. The van der Waals surface area contributed by atoms with Crippen molar-refractivity contribution in [2.24, 2.45) is 0 Å². The van der Waals surface area contributed by atoms with Crippen LogP contribution in [-0.2, 0) is 13.1 Å². The molecule has 1 N–H and O–H groups in total. The highest BCUT2D eigenvalue weighted by Crippen LogP contribution is 2.20. The zero-order chi connectivity index (χ0) is 15.1. The molecular weight excluding hydrogens is 260 g/mol. The van der Waals surface area contributed by atoms with Crippen LogP contribution in [0.5, 0.6) is 5.75 Å². The van der Waals surface area contributed by atoms with Crippen molar-refractivity contribution in [3.8, 4) is 5.75 Å². The van der Waals surface area contributed by atoms with Crippen LogP contribution in [0.1, 0.15) is 39.3 Å². The molecule has 3 heteroatoms. The van der Waals surface area contributed by atoms with E-state index in [1.54, 1.807) is 0 Å². The molecule has 0 bridgehead atoms. The number of nitrogens with zero attached hydrogens (tertiary/aromatic N) is 1. The molecule has 2 rings (SSSR count). The number of aryl methyl sites for hydroxylation is 1. The zero-order valence-corrected chi connectivity index (χ0v) is 13.3. The lowest BCUT2D eigenvalue weighted by molar-refractivity contribution is 0.217. The minimum Gasteiger partial charge on any atom is -0.491 e. The Morgan fingerprint density at radius 2 is 2.05 bits per heavy atom. The minimum atomic E-state index is 0.252. The van der Waals surface area contributed by atoms with Gasteiger partial charge in [0, 0.05) is 30.2 Å². The number of nitrogens with one attached hydrogen (secondary N) is 1. The van der Waals surface area contributed by atoms with Crippen molar-refractivity contribution in [2.45, 2.75) is 52.8 Å². The summed E-state index contributed by atoms with van der Waals surface area (Å²) < 4.78 is 8.16. The number of benzene rings is 1. The van der Waals surface area contributed by atoms with Gasteiger partial charge >= 0.3 is 0 Å². The lowest BCUT2D eigenvalue weighted by Crippen LogP contribution is -2.10. The van der Waals surface area contributed by atoms with Crippen molar-refractivity contribution in [1.29, 1.82) is 0 Å². The van der Waals surface area contributed by atoms with Gasteiger partial charge in [0.15, 0.2) is 0 Å². The summed E-state index contributed by atoms with van der Waals surface area (Å²) in [6.07, 6.45) is 4.56. The summed E-state index contributed by atoms with van der Waals surface area (Å²) in [6.45, 7) is 8.33. The van der Waals surface area contributed by atoms with E-state index in [-0.39, 0.29) is 6.10 Å². The van der Waals surface area contributed by atoms with Gasteiger partial charge < -0.3 is 14.6 Å². The summed E-state index contributed by atoms with van der Waals surface area (Å²) in [4.78, 5) is 0. The molecule has 0 amide bonds. The maximum Gasteiger partial charge on any atom is 0.121 e. The highest BCUT2D eigenvalue weighted by atomic mass is 16.5. The standard InChI is InChI=1S/C18H26N2O/c1-4-11-20-12-7-9-17(20)14-19-16-8-6-10-18(13-16)21-15(3)5-2/h6-10,12-13,15,19H,4-5,11,14H2,1-3H3. The molecule has 21 heavy (non-hydrogen) atoms. The summed E-state index contributed by atoms with van der Waals surface area (Å²) in [7, 11) is 0. The molecule has 0 saturated heterocycles. The largest absolute Gasteiger partial charge is 0.491 e. The molecule has 2 aromatic rings. The molecule has 1 aromatic heterocycles. The molecule has 0 aliphatic carbocycles. The number of rotatable bonds is 8. The van der Waals surface area contributed by atoms with Gasteiger partial charge in [0.05, 0.1) is 12.6 Å². The van der Waals surface area contributed by atoms with Crippen molar-refractivity contribution in [2.75, 3.05) is 5.32 Å². The normalized spacial score (nSPS) is 12.1. The maximum atomic E-state index is 5.86. The Hall–Kier alpha value is -1.90. The topological polar surface area (TPSA) is 26.2 Å². The minimum absolute atomic E-state index is 0.252. The Morgan fingerprint density at radius 1 is 1.19 bits per heavy atom. The monoisotopic (exact) mass is 286 g/mol. The van der Waals surface area contributed by atoms with Crippen LogP contribution in [-0.4, -0.2) is 10.7 Å². The first-order valence-electron chi connectivity index (χ1n) is 7.87. The van der Waals surface area contributed by atoms with Crippen LogP contribution in [0.4, 0.5) is 5.69 Å². The van der Waals surface area contributed by atoms with Gasteiger partial charge in [-0.2, -0.15) is 0 Å². The van der Waals surface area contributed by atoms with Gasteiger partial charge in [-0.3, -0.25) is 0 Å². The van der Waals surface area contributed by atoms with Gasteiger partial charge in [-0.25, -0.2) is 0 Å². The fraction of sp³-hybridized carbons (Fsp3) is 0.444. The van der Waals surface area contributed by atoms with E-state index in [2.05, 4.69) is 61.1 Å².